The molecule has 1 fully saturated rings. The molecule has 1 unspecified atom stereocenters. The lowest BCUT2D eigenvalue weighted by Gasteiger charge is -2.15. The van der Waals surface area contributed by atoms with Crippen molar-refractivity contribution in [2.24, 2.45) is 4.99 Å². The molecular formula is C16H22IN3O3S. The number of hydrogen-bond donors (Lipinski definition) is 2. The highest BCUT2D eigenvalue weighted by atomic mass is 127. The summed E-state index contributed by atoms with van der Waals surface area (Å²) in [6.45, 7) is 2.53. The highest BCUT2D eigenvalue weighted by molar-refractivity contribution is 14.0. The summed E-state index contributed by atoms with van der Waals surface area (Å²) >= 11 is 0. The molecule has 0 radical (unpaired) electrons. The van der Waals surface area contributed by atoms with Gasteiger partial charge in [0.25, 0.3) is 0 Å². The van der Waals surface area contributed by atoms with Crippen molar-refractivity contribution in [2.75, 3.05) is 18.6 Å². The van der Waals surface area contributed by atoms with Gasteiger partial charge in [0.15, 0.2) is 15.8 Å². The summed E-state index contributed by atoms with van der Waals surface area (Å²) in [5, 5.41) is 7.46. The maximum atomic E-state index is 11.5. The zero-order chi connectivity index (χ0) is 16.4. The number of hydrogen-bond acceptors (Lipinski definition) is 4. The molecule has 24 heavy (non-hydrogen) atoms. The van der Waals surface area contributed by atoms with Gasteiger partial charge in [-0.2, -0.15) is 0 Å². The van der Waals surface area contributed by atoms with E-state index in [1.807, 2.05) is 31.2 Å². The zero-order valence-corrected chi connectivity index (χ0v) is 16.9. The van der Waals surface area contributed by atoms with Crippen LogP contribution in [-0.2, 0) is 16.4 Å². The minimum Gasteiger partial charge on any atom is -0.459 e. The Labute approximate surface area is 159 Å². The lowest BCUT2D eigenvalue weighted by Crippen LogP contribution is -2.43. The van der Waals surface area contributed by atoms with Crippen LogP contribution in [0.15, 0.2) is 33.7 Å². The second kappa shape index (κ2) is 7.73. The van der Waals surface area contributed by atoms with Gasteiger partial charge in [0.2, 0.25) is 0 Å². The van der Waals surface area contributed by atoms with Crippen LogP contribution in [0.5, 0.6) is 0 Å². The summed E-state index contributed by atoms with van der Waals surface area (Å²) in [6, 6.07) is 7.84. The van der Waals surface area contributed by atoms with Crippen molar-refractivity contribution in [3.05, 3.63) is 35.6 Å². The first kappa shape index (κ1) is 19.0. The standard InChI is InChI=1S/C16H21N3O3S.HI/c1-11-13-5-3-4-6-14(13)22-15(11)9-18-16(17-2)19-12-7-8-23(20,21)10-12;/h3-6,12H,7-10H2,1-2H3,(H2,17,18,19);1H. The Morgan fingerprint density at radius 3 is 2.75 bits per heavy atom. The van der Waals surface area contributed by atoms with Crippen LogP contribution in [0.25, 0.3) is 11.0 Å². The van der Waals surface area contributed by atoms with Crippen molar-refractivity contribution in [1.82, 2.24) is 10.6 Å². The van der Waals surface area contributed by atoms with E-state index in [2.05, 4.69) is 15.6 Å². The van der Waals surface area contributed by atoms with E-state index in [9.17, 15) is 8.42 Å². The largest absolute Gasteiger partial charge is 0.459 e. The first-order valence-corrected chi connectivity index (χ1v) is 9.45. The molecule has 0 saturated carbocycles. The van der Waals surface area contributed by atoms with Gasteiger partial charge in [-0.1, -0.05) is 18.2 Å². The van der Waals surface area contributed by atoms with Crippen molar-refractivity contribution in [3.8, 4) is 0 Å². The van der Waals surface area contributed by atoms with Crippen LogP contribution in [0.4, 0.5) is 0 Å². The summed E-state index contributed by atoms with van der Waals surface area (Å²) in [6.07, 6.45) is 0.618. The van der Waals surface area contributed by atoms with E-state index < -0.39 is 9.84 Å². The summed E-state index contributed by atoms with van der Waals surface area (Å²) in [7, 11) is -1.23. The smallest absolute Gasteiger partial charge is 0.191 e. The van der Waals surface area contributed by atoms with Gasteiger partial charge in [-0.15, -0.1) is 24.0 Å². The van der Waals surface area contributed by atoms with Gasteiger partial charge >= 0.3 is 0 Å². The summed E-state index contributed by atoms with van der Waals surface area (Å²) in [5.74, 6) is 1.85. The van der Waals surface area contributed by atoms with E-state index in [0.29, 0.717) is 18.9 Å². The van der Waals surface area contributed by atoms with Gasteiger partial charge in [0.05, 0.1) is 18.1 Å². The zero-order valence-electron chi connectivity index (χ0n) is 13.7. The Kier molecular flexibility index (Phi) is 6.13. The van der Waals surface area contributed by atoms with Gasteiger partial charge in [0, 0.05) is 24.0 Å². The molecule has 2 N–H and O–H groups in total. The molecule has 1 saturated heterocycles. The van der Waals surface area contributed by atoms with Crippen molar-refractivity contribution in [1.29, 1.82) is 0 Å². The van der Waals surface area contributed by atoms with E-state index in [-0.39, 0.29) is 41.5 Å². The Morgan fingerprint density at radius 2 is 2.12 bits per heavy atom. The van der Waals surface area contributed by atoms with Crippen LogP contribution < -0.4 is 10.6 Å². The number of nitrogens with one attached hydrogen (secondary N) is 2. The normalized spacial score (nSPS) is 19.9. The van der Waals surface area contributed by atoms with E-state index in [1.165, 1.54) is 0 Å². The molecule has 1 aliphatic rings. The Hall–Kier alpha value is -1.29. The van der Waals surface area contributed by atoms with Gasteiger partial charge < -0.3 is 15.1 Å². The number of benzene rings is 1. The van der Waals surface area contributed by atoms with Crippen LogP contribution in [-0.4, -0.2) is 39.0 Å². The molecule has 0 spiro atoms. The monoisotopic (exact) mass is 463 g/mol. The average Bonchev–Trinajstić information content (AvgIpc) is 3.04. The fourth-order valence-electron chi connectivity index (χ4n) is 2.85. The van der Waals surface area contributed by atoms with Crippen molar-refractivity contribution >= 4 is 50.7 Å². The number of guanidine groups is 1. The first-order chi connectivity index (χ1) is 11.0. The summed E-state index contributed by atoms with van der Waals surface area (Å²) in [4.78, 5) is 4.16. The van der Waals surface area contributed by atoms with Crippen molar-refractivity contribution in [3.63, 3.8) is 0 Å². The van der Waals surface area contributed by atoms with Gasteiger partial charge in [-0.05, 0) is 19.4 Å². The van der Waals surface area contributed by atoms with Crippen LogP contribution in [0, 0.1) is 6.92 Å². The molecule has 0 aliphatic carbocycles. The topological polar surface area (TPSA) is 83.7 Å². The molecule has 1 aliphatic heterocycles. The minimum absolute atomic E-state index is 0. The van der Waals surface area contributed by atoms with Gasteiger partial charge in [-0.3, -0.25) is 4.99 Å². The molecule has 8 heteroatoms. The summed E-state index contributed by atoms with van der Waals surface area (Å²) in [5.41, 5.74) is 1.97. The molecule has 1 aromatic carbocycles. The van der Waals surface area contributed by atoms with Crippen LogP contribution in [0.3, 0.4) is 0 Å². The number of halogens is 1. The number of aliphatic imine (C=N–C) groups is 1. The van der Waals surface area contributed by atoms with E-state index in [4.69, 9.17) is 4.42 Å². The molecule has 0 amide bonds. The second-order valence-corrected chi connectivity index (χ2v) is 8.05. The molecule has 3 rings (SSSR count). The number of sulfone groups is 1. The molecular weight excluding hydrogens is 441 g/mol. The number of para-hydroxylation sites is 1. The quantitative estimate of drug-likeness (QED) is 0.415. The molecule has 2 heterocycles. The highest BCUT2D eigenvalue weighted by Gasteiger charge is 2.28. The number of furan rings is 1. The minimum atomic E-state index is -2.90. The number of aryl methyl sites for hydroxylation is 1. The predicted molar refractivity (Wildman–Crippen MR) is 107 cm³/mol. The fourth-order valence-corrected chi connectivity index (χ4v) is 4.53. The van der Waals surface area contributed by atoms with Crippen molar-refractivity contribution in [2.45, 2.75) is 25.9 Å². The highest BCUT2D eigenvalue weighted by Crippen LogP contribution is 2.24. The average molecular weight is 463 g/mol. The second-order valence-electron chi connectivity index (χ2n) is 5.82. The maximum Gasteiger partial charge on any atom is 0.191 e. The number of nitrogens with zero attached hydrogens (tertiary/aromatic N) is 1. The Balaban J connectivity index is 0.00000208. The third kappa shape index (κ3) is 4.21. The molecule has 1 atom stereocenters. The van der Waals surface area contributed by atoms with Crippen LogP contribution in [0.1, 0.15) is 17.7 Å². The lowest BCUT2D eigenvalue weighted by atomic mass is 10.1. The van der Waals surface area contributed by atoms with Crippen LogP contribution >= 0.6 is 24.0 Å². The Morgan fingerprint density at radius 1 is 1.38 bits per heavy atom. The lowest BCUT2D eigenvalue weighted by molar-refractivity contribution is 0.532. The van der Waals surface area contributed by atoms with Gasteiger partial charge in [-0.25, -0.2) is 8.42 Å². The number of fused-ring (bicyclic) bond motifs is 1. The molecule has 2 aromatic rings. The molecule has 1 aromatic heterocycles. The molecule has 132 valence electrons. The third-order valence-corrected chi connectivity index (χ3v) is 5.92. The van der Waals surface area contributed by atoms with E-state index >= 15 is 0 Å². The third-order valence-electron chi connectivity index (χ3n) is 4.16. The first-order valence-electron chi connectivity index (χ1n) is 7.63. The van der Waals surface area contributed by atoms with Gasteiger partial charge in [0.1, 0.15) is 11.3 Å². The van der Waals surface area contributed by atoms with E-state index in [0.717, 1.165) is 22.3 Å². The predicted octanol–water partition coefficient (Wildman–Crippen LogP) is 2.21. The molecule has 0 bridgehead atoms. The van der Waals surface area contributed by atoms with E-state index in [1.54, 1.807) is 7.05 Å². The maximum absolute atomic E-state index is 11.5. The fraction of sp³-hybridized carbons (Fsp3) is 0.438. The van der Waals surface area contributed by atoms with Crippen LogP contribution in [0.2, 0.25) is 0 Å². The Bertz CT molecular complexity index is 845. The number of rotatable bonds is 3. The SMILES string of the molecule is CN=C(NCc1oc2ccccc2c1C)NC1CCS(=O)(=O)C1.I. The molecule has 6 nitrogen and oxygen atoms in total. The summed E-state index contributed by atoms with van der Waals surface area (Å²) < 4.78 is 28.9. The van der Waals surface area contributed by atoms with Crippen molar-refractivity contribution < 1.29 is 12.8 Å².